The van der Waals surface area contributed by atoms with Crippen molar-refractivity contribution in [2.45, 2.75) is 30.4 Å². The minimum Gasteiger partial charge on any atom is -0.321 e. The zero-order valence-corrected chi connectivity index (χ0v) is 25.5. The molecule has 0 fully saturated rings. The largest absolute Gasteiger partial charge is 0.321 e. The fourth-order valence-electron chi connectivity index (χ4n) is 4.43. The summed E-state index contributed by atoms with van der Waals surface area (Å²) < 4.78 is 0. The summed E-state index contributed by atoms with van der Waals surface area (Å²) in [7, 11) is 0. The molecule has 1 aliphatic heterocycles. The van der Waals surface area contributed by atoms with E-state index >= 15 is 0 Å². The molecule has 3 N–H and O–H groups in total. The number of aryl methyl sites for hydroxylation is 1. The summed E-state index contributed by atoms with van der Waals surface area (Å²) in [5.74, 6) is -1.07. The zero-order valence-electron chi connectivity index (χ0n) is 24.7. The molecule has 4 aromatic rings. The maximum atomic E-state index is 13.4. The van der Waals surface area contributed by atoms with Crippen molar-refractivity contribution in [3.8, 4) is 0 Å². The van der Waals surface area contributed by atoms with Crippen LogP contribution in [0, 0.1) is 6.92 Å². The number of amidine groups is 1. The number of hydrogen-bond acceptors (Lipinski definition) is 6. The highest BCUT2D eigenvalue weighted by Crippen LogP contribution is 2.26. The summed E-state index contributed by atoms with van der Waals surface area (Å²) in [6, 6.07) is 32.3. The standard InChI is InChI=1S/C35H31N5O4S/c1-23-11-9-10-14-26(23)21-30(37-34(43)25-12-5-3-6-13-25)35(44)36-27-17-19-29(20-18-27)45-24(2)33(42)38-31-22-32(41)40(39-31)28-15-7-4-8-16-28/h3-21,24H,22H2,1-2H3,(H,36,44)(H,37,43)(H,38,39,42)/b30-21-. The van der Waals surface area contributed by atoms with Crippen LogP contribution in [-0.4, -0.2) is 34.7 Å². The molecule has 4 aromatic carbocycles. The number of carbonyl (C=O) groups is 4. The molecular weight excluding hydrogens is 586 g/mol. The maximum Gasteiger partial charge on any atom is 0.272 e. The first-order chi connectivity index (χ1) is 21.8. The van der Waals surface area contributed by atoms with E-state index in [0.717, 1.165) is 16.0 Å². The number of anilines is 2. The molecule has 226 valence electrons. The molecule has 0 aliphatic carbocycles. The number of hydrazone groups is 1. The average molecular weight is 618 g/mol. The van der Waals surface area contributed by atoms with Gasteiger partial charge in [-0.3, -0.25) is 19.2 Å². The van der Waals surface area contributed by atoms with Gasteiger partial charge in [0.25, 0.3) is 17.7 Å². The van der Waals surface area contributed by atoms with Crippen molar-refractivity contribution in [2.24, 2.45) is 5.10 Å². The Balaban J connectivity index is 1.21. The van der Waals surface area contributed by atoms with Crippen LogP contribution in [0.1, 0.15) is 34.8 Å². The Kier molecular flexibility index (Phi) is 9.86. The first kappa shape index (κ1) is 31.0. The van der Waals surface area contributed by atoms with Gasteiger partial charge in [0.05, 0.1) is 17.4 Å². The molecule has 1 heterocycles. The fourth-order valence-corrected chi connectivity index (χ4v) is 5.30. The molecule has 0 saturated carbocycles. The predicted octanol–water partition coefficient (Wildman–Crippen LogP) is 5.75. The maximum absolute atomic E-state index is 13.4. The Morgan fingerprint density at radius 2 is 1.49 bits per heavy atom. The van der Waals surface area contributed by atoms with Gasteiger partial charge in [-0.15, -0.1) is 11.8 Å². The van der Waals surface area contributed by atoms with Gasteiger partial charge in [0.1, 0.15) is 11.5 Å². The van der Waals surface area contributed by atoms with Crippen LogP contribution in [0.15, 0.2) is 125 Å². The SMILES string of the molecule is Cc1ccccc1/C=C(\NC(=O)c1ccccc1)C(=O)Nc1ccc(SC(C)C(=O)NC2=NN(c3ccccc3)C(=O)C2)cc1. The number of hydrogen-bond donors (Lipinski definition) is 3. The number of para-hydroxylation sites is 1. The van der Waals surface area contributed by atoms with Crippen molar-refractivity contribution in [3.05, 3.63) is 132 Å². The molecule has 9 nitrogen and oxygen atoms in total. The Morgan fingerprint density at radius 3 is 2.18 bits per heavy atom. The third-order valence-corrected chi connectivity index (χ3v) is 7.97. The van der Waals surface area contributed by atoms with E-state index in [2.05, 4.69) is 21.1 Å². The van der Waals surface area contributed by atoms with E-state index in [1.807, 2.05) is 55.5 Å². The monoisotopic (exact) mass is 617 g/mol. The lowest BCUT2D eigenvalue weighted by Gasteiger charge is -2.13. The predicted molar refractivity (Wildman–Crippen MR) is 178 cm³/mol. The van der Waals surface area contributed by atoms with E-state index in [-0.39, 0.29) is 23.9 Å². The molecule has 10 heteroatoms. The van der Waals surface area contributed by atoms with Crippen LogP contribution in [0.25, 0.3) is 6.08 Å². The van der Waals surface area contributed by atoms with Gasteiger partial charge in [-0.05, 0) is 79.6 Å². The molecule has 0 bridgehead atoms. The van der Waals surface area contributed by atoms with Crippen LogP contribution in [0.2, 0.25) is 0 Å². The van der Waals surface area contributed by atoms with Crippen molar-refractivity contribution in [3.63, 3.8) is 0 Å². The second-order valence-electron chi connectivity index (χ2n) is 10.2. The lowest BCUT2D eigenvalue weighted by molar-refractivity contribution is -0.119. The zero-order chi connectivity index (χ0) is 31.8. The highest BCUT2D eigenvalue weighted by Gasteiger charge is 2.27. The molecule has 5 rings (SSSR count). The van der Waals surface area contributed by atoms with Crippen LogP contribution < -0.4 is 21.0 Å². The molecule has 0 aromatic heterocycles. The minimum atomic E-state index is -0.481. The second kappa shape index (κ2) is 14.3. The van der Waals surface area contributed by atoms with Crippen molar-refractivity contribution in [1.82, 2.24) is 10.6 Å². The number of nitrogens with zero attached hydrogens (tertiary/aromatic N) is 2. The van der Waals surface area contributed by atoms with Crippen LogP contribution in [0.3, 0.4) is 0 Å². The smallest absolute Gasteiger partial charge is 0.272 e. The van der Waals surface area contributed by atoms with E-state index in [0.29, 0.717) is 22.8 Å². The molecular formula is C35H31N5O4S. The molecule has 0 saturated heterocycles. The van der Waals surface area contributed by atoms with Crippen LogP contribution >= 0.6 is 11.8 Å². The number of rotatable bonds is 9. The van der Waals surface area contributed by atoms with E-state index < -0.39 is 17.1 Å². The molecule has 0 radical (unpaired) electrons. The topological polar surface area (TPSA) is 120 Å². The van der Waals surface area contributed by atoms with Crippen LogP contribution in [0.5, 0.6) is 0 Å². The molecule has 1 unspecified atom stereocenters. The van der Waals surface area contributed by atoms with E-state index in [1.165, 1.54) is 16.8 Å². The van der Waals surface area contributed by atoms with Gasteiger partial charge in [0.15, 0.2) is 0 Å². The summed E-state index contributed by atoms with van der Waals surface area (Å²) in [5, 5.41) is 13.4. The van der Waals surface area contributed by atoms with Crippen molar-refractivity contribution in [2.75, 3.05) is 10.3 Å². The average Bonchev–Trinajstić information content (AvgIpc) is 3.42. The Labute approximate surface area is 265 Å². The lowest BCUT2D eigenvalue weighted by atomic mass is 10.1. The van der Waals surface area contributed by atoms with Gasteiger partial charge in [0, 0.05) is 16.1 Å². The van der Waals surface area contributed by atoms with Crippen LogP contribution in [-0.2, 0) is 14.4 Å². The van der Waals surface area contributed by atoms with Gasteiger partial charge in [0.2, 0.25) is 5.91 Å². The Bertz CT molecular complexity index is 1770. The Morgan fingerprint density at radius 1 is 0.844 bits per heavy atom. The van der Waals surface area contributed by atoms with E-state index in [4.69, 9.17) is 0 Å². The van der Waals surface area contributed by atoms with Crippen molar-refractivity contribution < 1.29 is 19.2 Å². The van der Waals surface area contributed by atoms with E-state index in [9.17, 15) is 19.2 Å². The molecule has 1 atom stereocenters. The van der Waals surface area contributed by atoms with Gasteiger partial charge in [-0.2, -0.15) is 10.1 Å². The van der Waals surface area contributed by atoms with Gasteiger partial charge in [-0.1, -0.05) is 60.7 Å². The summed E-state index contributed by atoms with van der Waals surface area (Å²) >= 11 is 1.33. The quantitative estimate of drug-likeness (QED) is 0.163. The first-order valence-corrected chi connectivity index (χ1v) is 15.1. The van der Waals surface area contributed by atoms with Crippen molar-refractivity contribution in [1.29, 1.82) is 0 Å². The summed E-state index contributed by atoms with van der Waals surface area (Å²) in [4.78, 5) is 52.3. The Hall–Kier alpha value is -5.48. The molecule has 1 aliphatic rings. The third-order valence-electron chi connectivity index (χ3n) is 6.86. The molecule has 45 heavy (non-hydrogen) atoms. The number of nitrogens with one attached hydrogen (secondary N) is 3. The lowest BCUT2D eigenvalue weighted by Crippen LogP contribution is -2.35. The number of carbonyl (C=O) groups excluding carboxylic acids is 4. The summed E-state index contributed by atoms with van der Waals surface area (Å²) in [5.41, 5.74) is 3.44. The number of benzene rings is 4. The first-order valence-electron chi connectivity index (χ1n) is 14.2. The highest BCUT2D eigenvalue weighted by atomic mass is 32.2. The summed E-state index contributed by atoms with van der Waals surface area (Å²) in [6.45, 7) is 3.69. The van der Waals surface area contributed by atoms with Crippen LogP contribution in [0.4, 0.5) is 11.4 Å². The van der Waals surface area contributed by atoms with Crippen molar-refractivity contribution >= 4 is 58.7 Å². The fraction of sp³-hybridized carbons (Fsp3) is 0.114. The van der Waals surface area contributed by atoms with E-state index in [1.54, 1.807) is 73.7 Å². The highest BCUT2D eigenvalue weighted by molar-refractivity contribution is 8.00. The van der Waals surface area contributed by atoms with Gasteiger partial charge < -0.3 is 16.0 Å². The third kappa shape index (κ3) is 8.12. The summed E-state index contributed by atoms with van der Waals surface area (Å²) in [6.07, 6.45) is 1.66. The van der Waals surface area contributed by atoms with Gasteiger partial charge >= 0.3 is 0 Å². The number of amides is 4. The normalized spacial score (nSPS) is 13.6. The second-order valence-corrected chi connectivity index (χ2v) is 11.6. The molecule has 4 amide bonds. The number of thioether (sulfide) groups is 1. The molecule has 0 spiro atoms. The van der Waals surface area contributed by atoms with Gasteiger partial charge in [-0.25, -0.2) is 0 Å². The minimum absolute atomic E-state index is 0.0124.